The van der Waals surface area contributed by atoms with E-state index in [9.17, 15) is 9.18 Å². The predicted molar refractivity (Wildman–Crippen MR) is 81.8 cm³/mol. The number of hydrogen-bond acceptors (Lipinski definition) is 4. The molecule has 1 heterocycles. The van der Waals surface area contributed by atoms with Gasteiger partial charge >= 0.3 is 0 Å². The third kappa shape index (κ3) is 3.67. The summed E-state index contributed by atoms with van der Waals surface area (Å²) in [5.41, 5.74) is 1.38. The lowest BCUT2D eigenvalue weighted by Crippen LogP contribution is -2.12. The zero-order valence-corrected chi connectivity index (χ0v) is 13.4. The quantitative estimate of drug-likeness (QED) is 0.801. The first-order valence-corrected chi connectivity index (χ1v) is 7.51. The highest BCUT2D eigenvalue weighted by molar-refractivity contribution is 7.09. The summed E-state index contributed by atoms with van der Waals surface area (Å²) < 4.78 is 18.2. The van der Waals surface area contributed by atoms with Gasteiger partial charge in [0.2, 0.25) is 0 Å². The average Bonchev–Trinajstić information content (AvgIpc) is 2.87. The molecule has 0 saturated carbocycles. The molecule has 0 amide bonds. The van der Waals surface area contributed by atoms with Crippen molar-refractivity contribution < 1.29 is 13.9 Å². The SMILES string of the molecule is COc1cc(C(=O)Cc2nc(C(C)(C)C)cs2)ccc1F. The number of nitrogens with zero attached hydrogens (tertiary/aromatic N) is 1. The first kappa shape index (κ1) is 15.6. The summed E-state index contributed by atoms with van der Waals surface area (Å²) in [6.07, 6.45) is 0.218. The van der Waals surface area contributed by atoms with E-state index in [1.165, 1.54) is 36.6 Å². The van der Waals surface area contributed by atoms with Crippen molar-refractivity contribution in [1.29, 1.82) is 0 Å². The Hall–Kier alpha value is -1.75. The van der Waals surface area contributed by atoms with Crippen LogP contribution in [0.2, 0.25) is 0 Å². The second kappa shape index (κ2) is 5.93. The maximum atomic E-state index is 13.3. The molecule has 0 aliphatic carbocycles. The van der Waals surface area contributed by atoms with Gasteiger partial charge in [-0.2, -0.15) is 0 Å². The zero-order chi connectivity index (χ0) is 15.6. The van der Waals surface area contributed by atoms with Crippen LogP contribution in [0.1, 0.15) is 41.8 Å². The van der Waals surface area contributed by atoms with E-state index in [1.807, 2.05) is 5.38 Å². The molecular weight excluding hydrogens is 289 g/mol. The van der Waals surface area contributed by atoms with E-state index < -0.39 is 5.82 Å². The third-order valence-corrected chi connectivity index (χ3v) is 3.95. The Bertz CT molecular complexity index is 659. The molecule has 5 heteroatoms. The first-order valence-electron chi connectivity index (χ1n) is 6.63. The summed E-state index contributed by atoms with van der Waals surface area (Å²) in [6.45, 7) is 6.25. The third-order valence-electron chi connectivity index (χ3n) is 3.11. The van der Waals surface area contributed by atoms with Gasteiger partial charge in [-0.05, 0) is 18.2 Å². The highest BCUT2D eigenvalue weighted by Crippen LogP contribution is 2.25. The highest BCUT2D eigenvalue weighted by atomic mass is 32.1. The molecule has 0 aliphatic heterocycles. The molecule has 2 rings (SSSR count). The number of methoxy groups -OCH3 is 1. The van der Waals surface area contributed by atoms with Gasteiger partial charge in [-0.1, -0.05) is 20.8 Å². The molecule has 0 unspecified atom stereocenters. The van der Waals surface area contributed by atoms with Crippen LogP contribution in [0.4, 0.5) is 4.39 Å². The molecule has 112 valence electrons. The van der Waals surface area contributed by atoms with E-state index >= 15 is 0 Å². The van der Waals surface area contributed by atoms with Gasteiger partial charge in [0, 0.05) is 16.4 Å². The minimum absolute atomic E-state index is 0.0309. The topological polar surface area (TPSA) is 39.2 Å². The van der Waals surface area contributed by atoms with E-state index in [1.54, 1.807) is 0 Å². The van der Waals surface area contributed by atoms with Crippen LogP contribution in [0, 0.1) is 5.82 Å². The number of thiazole rings is 1. The molecule has 0 aliphatic rings. The highest BCUT2D eigenvalue weighted by Gasteiger charge is 2.19. The van der Waals surface area contributed by atoms with Gasteiger partial charge in [0.25, 0.3) is 0 Å². The van der Waals surface area contributed by atoms with Crippen molar-refractivity contribution in [3.8, 4) is 5.75 Å². The minimum Gasteiger partial charge on any atom is -0.494 e. The van der Waals surface area contributed by atoms with Crippen LogP contribution in [0.25, 0.3) is 0 Å². The molecule has 0 spiro atoms. The van der Waals surface area contributed by atoms with Crippen LogP contribution >= 0.6 is 11.3 Å². The van der Waals surface area contributed by atoms with E-state index in [0.717, 1.165) is 10.7 Å². The molecule has 21 heavy (non-hydrogen) atoms. The van der Waals surface area contributed by atoms with Crippen LogP contribution in [0.15, 0.2) is 23.6 Å². The molecule has 1 aromatic heterocycles. The number of carbonyl (C=O) groups is 1. The Labute approximate surface area is 127 Å². The number of aromatic nitrogens is 1. The van der Waals surface area contributed by atoms with E-state index in [-0.39, 0.29) is 23.4 Å². The number of rotatable bonds is 4. The standard InChI is InChI=1S/C16H18FNO2S/c1-16(2,3)14-9-21-15(18-14)8-12(19)10-5-6-11(17)13(7-10)20-4/h5-7,9H,8H2,1-4H3. The largest absolute Gasteiger partial charge is 0.494 e. The summed E-state index contributed by atoms with van der Waals surface area (Å²) in [4.78, 5) is 16.7. The van der Waals surface area contributed by atoms with Crippen molar-refractivity contribution in [2.45, 2.75) is 32.6 Å². The molecule has 1 aromatic carbocycles. The predicted octanol–water partition coefficient (Wildman–Crippen LogP) is 4.01. The number of carbonyl (C=O) groups excluding carboxylic acids is 1. The van der Waals surface area contributed by atoms with Gasteiger partial charge in [0.05, 0.1) is 19.2 Å². The van der Waals surface area contributed by atoms with E-state index in [2.05, 4.69) is 25.8 Å². The molecule has 0 radical (unpaired) electrons. The average molecular weight is 307 g/mol. The smallest absolute Gasteiger partial charge is 0.169 e. The van der Waals surface area contributed by atoms with Crippen LogP contribution in [-0.2, 0) is 11.8 Å². The van der Waals surface area contributed by atoms with Gasteiger partial charge in [0.15, 0.2) is 17.3 Å². The number of benzene rings is 1. The normalized spacial score (nSPS) is 11.5. The Morgan fingerprint density at radius 2 is 2.10 bits per heavy atom. The number of ketones is 1. The van der Waals surface area contributed by atoms with Crippen LogP contribution in [0.5, 0.6) is 5.75 Å². The molecular formula is C16H18FNO2S. The second-order valence-corrected chi connectivity index (χ2v) is 6.77. The summed E-state index contributed by atoms with van der Waals surface area (Å²) in [5, 5.41) is 2.75. The Morgan fingerprint density at radius 3 is 2.67 bits per heavy atom. The van der Waals surface area contributed by atoms with Crippen molar-refractivity contribution in [3.05, 3.63) is 45.7 Å². The molecule has 0 saturated heterocycles. The van der Waals surface area contributed by atoms with Crippen molar-refractivity contribution in [3.63, 3.8) is 0 Å². The number of ether oxygens (including phenoxy) is 1. The van der Waals surface area contributed by atoms with Crippen LogP contribution in [-0.4, -0.2) is 17.9 Å². The van der Waals surface area contributed by atoms with Crippen molar-refractivity contribution in [2.24, 2.45) is 0 Å². The van der Waals surface area contributed by atoms with Crippen molar-refractivity contribution in [1.82, 2.24) is 4.98 Å². The summed E-state index contributed by atoms with van der Waals surface area (Å²) in [7, 11) is 1.38. The second-order valence-electron chi connectivity index (χ2n) is 5.83. The summed E-state index contributed by atoms with van der Waals surface area (Å²) in [6, 6.07) is 4.14. The lowest BCUT2D eigenvalue weighted by molar-refractivity contribution is 0.0992. The molecule has 2 aromatic rings. The molecule has 0 atom stereocenters. The number of hydrogen-bond donors (Lipinski definition) is 0. The summed E-state index contributed by atoms with van der Waals surface area (Å²) >= 11 is 1.48. The van der Waals surface area contributed by atoms with E-state index in [4.69, 9.17) is 4.74 Å². The molecule has 0 N–H and O–H groups in total. The number of Topliss-reactive ketones (excluding diaryl/α,β-unsaturated/α-hetero) is 1. The van der Waals surface area contributed by atoms with E-state index in [0.29, 0.717) is 5.56 Å². The Balaban J connectivity index is 2.16. The van der Waals surface area contributed by atoms with Gasteiger partial charge in [-0.3, -0.25) is 4.79 Å². The zero-order valence-electron chi connectivity index (χ0n) is 12.6. The van der Waals surface area contributed by atoms with Gasteiger partial charge in [-0.25, -0.2) is 9.37 Å². The maximum Gasteiger partial charge on any atom is 0.169 e. The van der Waals surface area contributed by atoms with Gasteiger partial charge in [0.1, 0.15) is 5.01 Å². The van der Waals surface area contributed by atoms with Crippen LogP contribution in [0.3, 0.4) is 0 Å². The molecule has 0 bridgehead atoms. The van der Waals surface area contributed by atoms with Gasteiger partial charge < -0.3 is 4.74 Å². The monoisotopic (exact) mass is 307 g/mol. The number of halogens is 1. The van der Waals surface area contributed by atoms with Gasteiger partial charge in [-0.15, -0.1) is 11.3 Å². The van der Waals surface area contributed by atoms with Crippen molar-refractivity contribution >= 4 is 17.1 Å². The lowest BCUT2D eigenvalue weighted by atomic mass is 9.93. The minimum atomic E-state index is -0.474. The summed E-state index contributed by atoms with van der Waals surface area (Å²) in [5.74, 6) is -0.489. The fraction of sp³-hybridized carbons (Fsp3) is 0.375. The fourth-order valence-corrected chi connectivity index (χ4v) is 2.83. The lowest BCUT2D eigenvalue weighted by Gasteiger charge is -2.14. The first-order chi connectivity index (χ1) is 9.81. The molecule has 3 nitrogen and oxygen atoms in total. The van der Waals surface area contributed by atoms with Crippen molar-refractivity contribution in [2.75, 3.05) is 7.11 Å². The van der Waals surface area contributed by atoms with Crippen LogP contribution < -0.4 is 4.74 Å². The fourth-order valence-electron chi connectivity index (χ4n) is 1.81. The Kier molecular flexibility index (Phi) is 4.42. The molecule has 0 fully saturated rings. The maximum absolute atomic E-state index is 13.3. The Morgan fingerprint density at radius 1 is 1.38 bits per heavy atom.